The molecular formula is C12H17N3S. The van der Waals surface area contributed by atoms with Crippen LogP contribution < -0.4 is 5.73 Å². The fourth-order valence-electron chi connectivity index (χ4n) is 2.01. The molecule has 1 atom stereocenters. The van der Waals surface area contributed by atoms with Gasteiger partial charge in [0.2, 0.25) is 0 Å². The van der Waals surface area contributed by atoms with E-state index in [0.717, 1.165) is 5.69 Å². The van der Waals surface area contributed by atoms with Crippen LogP contribution >= 0.6 is 11.3 Å². The summed E-state index contributed by atoms with van der Waals surface area (Å²) in [6.45, 7) is 6.80. The van der Waals surface area contributed by atoms with Crippen molar-refractivity contribution < 1.29 is 0 Å². The predicted octanol–water partition coefficient (Wildman–Crippen LogP) is 2.42. The number of nitrogens with two attached hydrogens (primary N) is 1. The average Bonchev–Trinajstić information content (AvgIpc) is 2.77. The molecule has 1 unspecified atom stereocenters. The third-order valence-corrected chi connectivity index (χ3v) is 3.89. The van der Waals surface area contributed by atoms with Gasteiger partial charge in [-0.25, -0.2) is 0 Å². The summed E-state index contributed by atoms with van der Waals surface area (Å²) in [5.41, 5.74) is 9.40. The van der Waals surface area contributed by atoms with Gasteiger partial charge in [-0.1, -0.05) is 0 Å². The Morgan fingerprint density at radius 2 is 2.19 bits per heavy atom. The first-order valence-corrected chi connectivity index (χ1v) is 6.28. The monoisotopic (exact) mass is 235 g/mol. The summed E-state index contributed by atoms with van der Waals surface area (Å²) < 4.78 is 2.04. The summed E-state index contributed by atoms with van der Waals surface area (Å²) in [5, 5.41) is 6.63. The molecule has 0 amide bonds. The van der Waals surface area contributed by atoms with Gasteiger partial charge in [0.1, 0.15) is 0 Å². The van der Waals surface area contributed by atoms with E-state index in [2.05, 4.69) is 36.5 Å². The SMILES string of the molecule is Cc1cc(C)n(C(CN)c2sccc2C)n1. The van der Waals surface area contributed by atoms with Crippen LogP contribution in [0.25, 0.3) is 0 Å². The number of hydrogen-bond donors (Lipinski definition) is 1. The molecule has 16 heavy (non-hydrogen) atoms. The first kappa shape index (κ1) is 11.4. The molecule has 0 aromatic carbocycles. The molecule has 0 fully saturated rings. The van der Waals surface area contributed by atoms with Crippen LogP contribution in [0.3, 0.4) is 0 Å². The normalized spacial score (nSPS) is 13.0. The number of aromatic nitrogens is 2. The van der Waals surface area contributed by atoms with Gasteiger partial charge in [-0.15, -0.1) is 11.3 Å². The summed E-state index contributed by atoms with van der Waals surface area (Å²) in [4.78, 5) is 1.31. The summed E-state index contributed by atoms with van der Waals surface area (Å²) >= 11 is 1.75. The Labute approximate surface area is 99.9 Å². The van der Waals surface area contributed by atoms with Crippen LogP contribution in [-0.2, 0) is 0 Å². The zero-order valence-corrected chi connectivity index (χ0v) is 10.7. The number of rotatable bonds is 3. The molecule has 0 bridgehead atoms. The maximum Gasteiger partial charge on any atom is 0.0987 e. The van der Waals surface area contributed by atoms with Crippen molar-refractivity contribution >= 4 is 11.3 Å². The molecule has 2 rings (SSSR count). The molecule has 0 aliphatic carbocycles. The lowest BCUT2D eigenvalue weighted by Crippen LogP contribution is -2.22. The van der Waals surface area contributed by atoms with E-state index >= 15 is 0 Å². The van der Waals surface area contributed by atoms with E-state index in [4.69, 9.17) is 5.73 Å². The first-order valence-electron chi connectivity index (χ1n) is 5.40. The summed E-state index contributed by atoms with van der Waals surface area (Å²) in [6.07, 6.45) is 0. The largest absolute Gasteiger partial charge is 0.328 e. The summed E-state index contributed by atoms with van der Waals surface area (Å²) in [7, 11) is 0. The number of nitrogens with zero attached hydrogens (tertiary/aromatic N) is 2. The Kier molecular flexibility index (Phi) is 3.12. The van der Waals surface area contributed by atoms with Crippen LogP contribution in [0.4, 0.5) is 0 Å². The zero-order chi connectivity index (χ0) is 11.7. The molecule has 4 heteroatoms. The molecule has 3 nitrogen and oxygen atoms in total. The molecule has 2 heterocycles. The minimum atomic E-state index is 0.175. The molecule has 86 valence electrons. The van der Waals surface area contributed by atoms with Crippen molar-refractivity contribution in [2.45, 2.75) is 26.8 Å². The van der Waals surface area contributed by atoms with Crippen molar-refractivity contribution in [3.05, 3.63) is 39.3 Å². The van der Waals surface area contributed by atoms with Crippen molar-refractivity contribution in [1.29, 1.82) is 0 Å². The third kappa shape index (κ3) is 1.90. The van der Waals surface area contributed by atoms with Gasteiger partial charge >= 0.3 is 0 Å². The Balaban J connectivity index is 2.44. The Bertz CT molecular complexity index is 484. The van der Waals surface area contributed by atoms with E-state index < -0.39 is 0 Å². The topological polar surface area (TPSA) is 43.8 Å². The number of thiophene rings is 1. The van der Waals surface area contributed by atoms with E-state index in [0.29, 0.717) is 6.54 Å². The molecule has 0 saturated heterocycles. The van der Waals surface area contributed by atoms with Gasteiger partial charge in [0.25, 0.3) is 0 Å². The Morgan fingerprint density at radius 1 is 1.44 bits per heavy atom. The molecule has 0 saturated carbocycles. The highest BCUT2D eigenvalue weighted by Crippen LogP contribution is 2.27. The van der Waals surface area contributed by atoms with E-state index in [-0.39, 0.29) is 6.04 Å². The second kappa shape index (κ2) is 4.39. The lowest BCUT2D eigenvalue weighted by Gasteiger charge is -2.17. The van der Waals surface area contributed by atoms with Crippen molar-refractivity contribution in [1.82, 2.24) is 9.78 Å². The minimum Gasteiger partial charge on any atom is -0.328 e. The smallest absolute Gasteiger partial charge is 0.0987 e. The summed E-state index contributed by atoms with van der Waals surface area (Å²) in [5.74, 6) is 0. The molecule has 2 aromatic rings. The minimum absolute atomic E-state index is 0.175. The first-order chi connectivity index (χ1) is 7.63. The van der Waals surface area contributed by atoms with Crippen LogP contribution in [0, 0.1) is 20.8 Å². The van der Waals surface area contributed by atoms with Gasteiger partial charge < -0.3 is 5.73 Å². The highest BCUT2D eigenvalue weighted by Gasteiger charge is 2.18. The van der Waals surface area contributed by atoms with Crippen LogP contribution in [0.15, 0.2) is 17.5 Å². The molecule has 0 aliphatic rings. The second-order valence-corrected chi connectivity index (χ2v) is 5.04. The Hall–Kier alpha value is -1.13. The molecule has 0 spiro atoms. The maximum absolute atomic E-state index is 5.89. The average molecular weight is 235 g/mol. The quantitative estimate of drug-likeness (QED) is 0.888. The van der Waals surface area contributed by atoms with Gasteiger partial charge in [-0.05, 0) is 43.8 Å². The fourth-order valence-corrected chi connectivity index (χ4v) is 3.03. The predicted molar refractivity (Wildman–Crippen MR) is 68.0 cm³/mol. The van der Waals surface area contributed by atoms with Gasteiger partial charge in [0.15, 0.2) is 0 Å². The lowest BCUT2D eigenvalue weighted by atomic mass is 10.1. The van der Waals surface area contributed by atoms with Crippen LogP contribution in [0.1, 0.15) is 27.9 Å². The van der Waals surface area contributed by atoms with Crippen molar-refractivity contribution in [3.63, 3.8) is 0 Å². The van der Waals surface area contributed by atoms with Gasteiger partial charge in [0, 0.05) is 17.1 Å². The molecule has 0 aliphatic heterocycles. The van der Waals surface area contributed by atoms with E-state index in [9.17, 15) is 0 Å². The summed E-state index contributed by atoms with van der Waals surface area (Å²) in [6, 6.07) is 4.40. The highest BCUT2D eigenvalue weighted by atomic mass is 32.1. The molecular weight excluding hydrogens is 218 g/mol. The molecule has 2 aromatic heterocycles. The van der Waals surface area contributed by atoms with Crippen LogP contribution in [-0.4, -0.2) is 16.3 Å². The van der Waals surface area contributed by atoms with Crippen molar-refractivity contribution in [3.8, 4) is 0 Å². The van der Waals surface area contributed by atoms with E-state index in [1.165, 1.54) is 16.1 Å². The lowest BCUT2D eigenvalue weighted by molar-refractivity contribution is 0.522. The van der Waals surface area contributed by atoms with Gasteiger partial charge in [-0.2, -0.15) is 5.10 Å². The Morgan fingerprint density at radius 3 is 2.62 bits per heavy atom. The third-order valence-electron chi connectivity index (χ3n) is 2.77. The number of hydrogen-bond acceptors (Lipinski definition) is 3. The maximum atomic E-state index is 5.89. The van der Waals surface area contributed by atoms with E-state index in [1.54, 1.807) is 11.3 Å². The van der Waals surface area contributed by atoms with Gasteiger partial charge in [-0.3, -0.25) is 4.68 Å². The standard InChI is InChI=1S/C12H17N3S/c1-8-4-5-16-12(8)11(7-13)15-10(3)6-9(2)14-15/h4-6,11H,7,13H2,1-3H3. The van der Waals surface area contributed by atoms with Crippen molar-refractivity contribution in [2.75, 3.05) is 6.54 Å². The second-order valence-electron chi connectivity index (χ2n) is 4.09. The highest BCUT2D eigenvalue weighted by molar-refractivity contribution is 7.10. The van der Waals surface area contributed by atoms with Gasteiger partial charge in [0.05, 0.1) is 11.7 Å². The fraction of sp³-hybridized carbons (Fsp3) is 0.417. The van der Waals surface area contributed by atoms with E-state index in [1.807, 2.05) is 11.6 Å². The number of aryl methyl sites for hydroxylation is 3. The van der Waals surface area contributed by atoms with Crippen LogP contribution in [0.5, 0.6) is 0 Å². The van der Waals surface area contributed by atoms with Crippen LogP contribution in [0.2, 0.25) is 0 Å². The molecule has 0 radical (unpaired) electrons. The molecule has 2 N–H and O–H groups in total. The van der Waals surface area contributed by atoms with Crippen molar-refractivity contribution in [2.24, 2.45) is 5.73 Å². The zero-order valence-electron chi connectivity index (χ0n) is 9.90.